The smallest absolute Gasteiger partial charge is 0.257 e. The number of nitrogens with one attached hydrogen (secondary N) is 1. The molecule has 2 fully saturated rings. The van der Waals surface area contributed by atoms with E-state index < -0.39 is 0 Å². The van der Waals surface area contributed by atoms with Crippen molar-refractivity contribution in [1.82, 2.24) is 10.2 Å². The van der Waals surface area contributed by atoms with Gasteiger partial charge in [0.15, 0.2) is 0 Å². The molecule has 4 rings (SSSR count). The van der Waals surface area contributed by atoms with Crippen LogP contribution in [0.1, 0.15) is 60.9 Å². The predicted molar refractivity (Wildman–Crippen MR) is 131 cm³/mol. The number of hydrogen-bond donors (Lipinski definition) is 1. The van der Waals surface area contributed by atoms with Crippen molar-refractivity contribution in [2.45, 2.75) is 57.6 Å². The van der Waals surface area contributed by atoms with E-state index in [1.54, 1.807) is 24.3 Å². The van der Waals surface area contributed by atoms with E-state index in [1.807, 2.05) is 23.1 Å². The van der Waals surface area contributed by atoms with Gasteiger partial charge in [-0.25, -0.2) is 0 Å². The number of amides is 2. The second-order valence-electron chi connectivity index (χ2n) is 8.93. The first kappa shape index (κ1) is 23.9. The summed E-state index contributed by atoms with van der Waals surface area (Å²) in [5, 5.41) is 4.32. The number of rotatable bonds is 6. The zero-order valence-electron chi connectivity index (χ0n) is 18.7. The van der Waals surface area contributed by atoms with Gasteiger partial charge in [-0.05, 0) is 49.9 Å². The van der Waals surface area contributed by atoms with Crippen molar-refractivity contribution in [3.8, 4) is 5.75 Å². The van der Waals surface area contributed by atoms with Gasteiger partial charge < -0.3 is 15.0 Å². The van der Waals surface area contributed by atoms with Crippen molar-refractivity contribution in [2.75, 3.05) is 13.1 Å². The number of likely N-dealkylation sites (tertiary alicyclic amines) is 1. The van der Waals surface area contributed by atoms with Gasteiger partial charge in [-0.1, -0.05) is 60.7 Å². The molecule has 1 aliphatic heterocycles. The normalized spacial score (nSPS) is 17.6. The average molecular weight is 489 g/mol. The van der Waals surface area contributed by atoms with Gasteiger partial charge in [-0.15, -0.1) is 0 Å². The van der Waals surface area contributed by atoms with Gasteiger partial charge in [0.1, 0.15) is 12.4 Å². The molecule has 1 saturated heterocycles. The minimum atomic E-state index is -0.0511. The molecular formula is C26H30Cl2N2O3. The van der Waals surface area contributed by atoms with Crippen molar-refractivity contribution in [1.29, 1.82) is 0 Å². The summed E-state index contributed by atoms with van der Waals surface area (Å²) in [5.41, 5.74) is 1.34. The molecule has 1 heterocycles. The number of ether oxygens (including phenoxy) is 1. The highest BCUT2D eigenvalue weighted by molar-refractivity contribution is 6.35. The third-order valence-electron chi connectivity index (χ3n) is 6.62. The maximum atomic E-state index is 13.2. The zero-order valence-corrected chi connectivity index (χ0v) is 20.2. The summed E-state index contributed by atoms with van der Waals surface area (Å²) in [6.45, 7) is 1.48. The van der Waals surface area contributed by atoms with Gasteiger partial charge >= 0.3 is 0 Å². The van der Waals surface area contributed by atoms with E-state index in [9.17, 15) is 9.59 Å². The Morgan fingerprint density at radius 2 is 1.70 bits per heavy atom. The second kappa shape index (κ2) is 11.3. The molecule has 1 saturated carbocycles. The van der Waals surface area contributed by atoms with E-state index in [0.29, 0.717) is 34.4 Å². The minimum absolute atomic E-state index is 0.0511. The molecule has 5 nitrogen and oxygen atoms in total. The van der Waals surface area contributed by atoms with Gasteiger partial charge in [0.25, 0.3) is 5.91 Å². The zero-order chi connectivity index (χ0) is 23.2. The largest absolute Gasteiger partial charge is 0.488 e. The number of carbonyl (C=O) groups excluding carboxylic acids is 2. The van der Waals surface area contributed by atoms with Gasteiger partial charge in [-0.2, -0.15) is 0 Å². The quantitative estimate of drug-likeness (QED) is 0.552. The van der Waals surface area contributed by atoms with Crippen LogP contribution in [0.15, 0.2) is 42.5 Å². The number of benzene rings is 2. The molecule has 0 spiro atoms. The van der Waals surface area contributed by atoms with Crippen LogP contribution in [0.25, 0.3) is 0 Å². The van der Waals surface area contributed by atoms with Gasteiger partial charge in [0.2, 0.25) is 5.91 Å². The lowest BCUT2D eigenvalue weighted by Gasteiger charge is -2.33. The highest BCUT2D eigenvalue weighted by Crippen LogP contribution is 2.27. The number of piperidine rings is 1. The van der Waals surface area contributed by atoms with Crippen LogP contribution in [0.3, 0.4) is 0 Å². The van der Waals surface area contributed by atoms with Gasteiger partial charge in [0, 0.05) is 40.7 Å². The first-order valence-electron chi connectivity index (χ1n) is 11.8. The van der Waals surface area contributed by atoms with Crippen molar-refractivity contribution >= 4 is 35.0 Å². The van der Waals surface area contributed by atoms with Crippen LogP contribution >= 0.6 is 23.2 Å². The summed E-state index contributed by atoms with van der Waals surface area (Å²) in [4.78, 5) is 27.6. The molecule has 176 valence electrons. The summed E-state index contributed by atoms with van der Waals surface area (Å²) in [7, 11) is 0. The standard InChI is InChI=1S/C26H30Cl2N2O3/c27-20-11-10-19(23(28)16-20)17-33-24-9-5-4-8-22(24)26(32)30-14-12-21(13-15-30)29-25(31)18-6-2-1-3-7-18/h4-5,8-11,16,18,21H,1-3,6-7,12-15,17H2,(H,29,31). The predicted octanol–water partition coefficient (Wildman–Crippen LogP) is 5.87. The first-order valence-corrected chi connectivity index (χ1v) is 12.5. The Balaban J connectivity index is 1.32. The molecule has 0 atom stereocenters. The second-order valence-corrected chi connectivity index (χ2v) is 9.77. The fraction of sp³-hybridized carbons (Fsp3) is 0.462. The van der Waals surface area contributed by atoms with Crippen LogP contribution in [0.2, 0.25) is 10.0 Å². The molecule has 2 aliphatic rings. The third-order valence-corrected chi connectivity index (χ3v) is 7.21. The van der Waals surface area contributed by atoms with Crippen LogP contribution < -0.4 is 10.1 Å². The Kier molecular flexibility index (Phi) is 8.15. The molecule has 0 radical (unpaired) electrons. The molecule has 0 unspecified atom stereocenters. The summed E-state index contributed by atoms with van der Waals surface area (Å²) in [6, 6.07) is 12.7. The number of hydrogen-bond acceptors (Lipinski definition) is 3. The van der Waals surface area contributed by atoms with Crippen LogP contribution in [-0.4, -0.2) is 35.8 Å². The van der Waals surface area contributed by atoms with Crippen molar-refractivity contribution in [2.24, 2.45) is 5.92 Å². The van der Waals surface area contributed by atoms with E-state index in [4.69, 9.17) is 27.9 Å². The van der Waals surface area contributed by atoms with E-state index in [2.05, 4.69) is 5.32 Å². The molecular weight excluding hydrogens is 459 g/mol. The molecule has 0 aromatic heterocycles. The number of nitrogens with zero attached hydrogens (tertiary/aromatic N) is 1. The molecule has 33 heavy (non-hydrogen) atoms. The summed E-state index contributed by atoms with van der Waals surface area (Å²) in [5.74, 6) is 0.835. The Labute approximate surface area is 205 Å². The molecule has 7 heteroatoms. The van der Waals surface area contributed by atoms with E-state index in [0.717, 1.165) is 44.1 Å². The highest BCUT2D eigenvalue weighted by atomic mass is 35.5. The van der Waals surface area contributed by atoms with E-state index >= 15 is 0 Å². The molecule has 2 aromatic carbocycles. The van der Waals surface area contributed by atoms with E-state index in [1.165, 1.54) is 6.42 Å². The summed E-state index contributed by atoms with van der Waals surface area (Å²) < 4.78 is 5.96. The SMILES string of the molecule is O=C(NC1CCN(C(=O)c2ccccc2OCc2ccc(Cl)cc2Cl)CC1)C1CCCCC1. The fourth-order valence-corrected chi connectivity index (χ4v) is 5.11. The van der Waals surface area contributed by atoms with Crippen LogP contribution in [0.5, 0.6) is 5.75 Å². The fourth-order valence-electron chi connectivity index (χ4n) is 4.64. The maximum Gasteiger partial charge on any atom is 0.257 e. The maximum absolute atomic E-state index is 13.2. The Bertz CT molecular complexity index is 983. The molecule has 2 aromatic rings. The summed E-state index contributed by atoms with van der Waals surface area (Å²) >= 11 is 12.2. The Hall–Kier alpha value is -2.24. The highest BCUT2D eigenvalue weighted by Gasteiger charge is 2.28. The van der Waals surface area contributed by atoms with Gasteiger partial charge in [-0.3, -0.25) is 9.59 Å². The minimum Gasteiger partial charge on any atom is -0.488 e. The van der Waals surface area contributed by atoms with Crippen LogP contribution in [-0.2, 0) is 11.4 Å². The van der Waals surface area contributed by atoms with Gasteiger partial charge in [0.05, 0.1) is 5.56 Å². The number of para-hydroxylation sites is 1. The van der Waals surface area contributed by atoms with Crippen LogP contribution in [0, 0.1) is 5.92 Å². The van der Waals surface area contributed by atoms with Crippen molar-refractivity contribution in [3.63, 3.8) is 0 Å². The lowest BCUT2D eigenvalue weighted by molar-refractivity contribution is -0.126. The molecule has 2 amide bonds. The average Bonchev–Trinajstić information content (AvgIpc) is 2.84. The number of carbonyl (C=O) groups is 2. The third kappa shape index (κ3) is 6.21. The topological polar surface area (TPSA) is 58.6 Å². The first-order chi connectivity index (χ1) is 16.0. The van der Waals surface area contributed by atoms with Crippen LogP contribution in [0.4, 0.5) is 0 Å². The lowest BCUT2D eigenvalue weighted by atomic mass is 9.88. The number of halogens is 2. The summed E-state index contributed by atoms with van der Waals surface area (Å²) in [6.07, 6.45) is 7.08. The van der Waals surface area contributed by atoms with E-state index in [-0.39, 0.29) is 30.4 Å². The Morgan fingerprint density at radius 3 is 2.42 bits per heavy atom. The van der Waals surface area contributed by atoms with Crippen molar-refractivity contribution in [3.05, 3.63) is 63.6 Å². The Morgan fingerprint density at radius 1 is 0.970 bits per heavy atom. The molecule has 1 aliphatic carbocycles. The molecule has 1 N–H and O–H groups in total. The monoisotopic (exact) mass is 488 g/mol. The lowest BCUT2D eigenvalue weighted by Crippen LogP contribution is -2.48. The molecule has 0 bridgehead atoms. The van der Waals surface area contributed by atoms with Crippen molar-refractivity contribution < 1.29 is 14.3 Å².